The molecule has 2 heterocycles. The van der Waals surface area contributed by atoms with E-state index in [0.717, 1.165) is 17.5 Å². The van der Waals surface area contributed by atoms with Crippen molar-refractivity contribution in [3.8, 4) is 28.5 Å². The lowest BCUT2D eigenvalue weighted by atomic mass is 9.95. The van der Waals surface area contributed by atoms with Gasteiger partial charge in [-0.15, -0.1) is 0 Å². The third-order valence-corrected chi connectivity index (χ3v) is 5.37. The first-order valence-electron chi connectivity index (χ1n) is 10.7. The topological polar surface area (TPSA) is 87.7 Å². The third kappa shape index (κ3) is 3.60. The highest BCUT2D eigenvalue weighted by molar-refractivity contribution is 6.00. The van der Waals surface area contributed by atoms with Gasteiger partial charge in [-0.1, -0.05) is 25.1 Å². The minimum Gasteiger partial charge on any atom is -0.507 e. The smallest absolute Gasteiger partial charge is 0.273 e. The average molecular weight is 421 g/mol. The first kappa shape index (κ1) is 20.8. The number of hydrogen-bond acceptors (Lipinski definition) is 5. The molecule has 1 aliphatic rings. The van der Waals surface area contributed by atoms with Crippen molar-refractivity contribution in [2.75, 3.05) is 19.8 Å². The molecule has 0 bridgehead atoms. The number of para-hydroxylation sites is 1. The van der Waals surface area contributed by atoms with E-state index in [2.05, 4.69) is 10.2 Å². The van der Waals surface area contributed by atoms with Gasteiger partial charge >= 0.3 is 0 Å². The van der Waals surface area contributed by atoms with Crippen LogP contribution in [0.1, 0.15) is 54.8 Å². The molecule has 7 heteroatoms. The van der Waals surface area contributed by atoms with Gasteiger partial charge in [-0.05, 0) is 50.1 Å². The normalized spacial score (nSPS) is 15.3. The van der Waals surface area contributed by atoms with Crippen LogP contribution in [0.15, 0.2) is 42.5 Å². The standard InChI is InChI=1S/C24H27N3O4/c1-4-13-27-23(15-11-12-18(30-5-2)19(14-15)31-6-3)20-21(25-26-22(20)24(27)29)16-9-7-8-10-17(16)28/h7-12,14,23,28H,4-6,13H2,1-3H3,(H,25,26)/t23-/m1/s1. The molecule has 0 saturated carbocycles. The molecular formula is C24H27N3O4. The van der Waals surface area contributed by atoms with Crippen LogP contribution in [-0.4, -0.2) is 45.9 Å². The minimum absolute atomic E-state index is 0.0946. The number of phenols is 1. The number of fused-ring (bicyclic) bond motifs is 1. The molecule has 1 atom stereocenters. The Morgan fingerprint density at radius 1 is 1.06 bits per heavy atom. The Morgan fingerprint density at radius 3 is 2.52 bits per heavy atom. The maximum absolute atomic E-state index is 13.2. The van der Waals surface area contributed by atoms with Gasteiger partial charge in [0.2, 0.25) is 0 Å². The summed E-state index contributed by atoms with van der Waals surface area (Å²) in [4.78, 5) is 15.1. The third-order valence-electron chi connectivity index (χ3n) is 5.37. The maximum atomic E-state index is 13.2. The summed E-state index contributed by atoms with van der Waals surface area (Å²) in [5, 5.41) is 17.7. The van der Waals surface area contributed by atoms with Gasteiger partial charge in [0.15, 0.2) is 11.5 Å². The Morgan fingerprint density at radius 2 is 1.81 bits per heavy atom. The van der Waals surface area contributed by atoms with Gasteiger partial charge < -0.3 is 19.5 Å². The van der Waals surface area contributed by atoms with Crippen LogP contribution in [0.25, 0.3) is 11.3 Å². The first-order valence-corrected chi connectivity index (χ1v) is 10.7. The van der Waals surface area contributed by atoms with Gasteiger partial charge in [0, 0.05) is 17.7 Å². The largest absolute Gasteiger partial charge is 0.507 e. The van der Waals surface area contributed by atoms with Crippen molar-refractivity contribution in [1.82, 2.24) is 15.1 Å². The molecule has 1 amide bonds. The Kier molecular flexibility index (Phi) is 5.84. The number of aromatic amines is 1. The summed E-state index contributed by atoms with van der Waals surface area (Å²) in [6, 6.07) is 12.5. The number of benzene rings is 2. The Balaban J connectivity index is 1.88. The predicted octanol–water partition coefficient (Wildman–Crippen LogP) is 4.53. The molecule has 0 saturated heterocycles. The molecule has 0 spiro atoms. The van der Waals surface area contributed by atoms with Crippen LogP contribution >= 0.6 is 0 Å². The minimum atomic E-state index is -0.342. The van der Waals surface area contributed by atoms with Crippen LogP contribution in [0.3, 0.4) is 0 Å². The van der Waals surface area contributed by atoms with Crippen LogP contribution in [0.2, 0.25) is 0 Å². The lowest BCUT2D eigenvalue weighted by Gasteiger charge is -2.26. The van der Waals surface area contributed by atoms with Crippen molar-refractivity contribution in [2.24, 2.45) is 0 Å². The van der Waals surface area contributed by atoms with E-state index in [1.807, 2.05) is 49.9 Å². The second-order valence-electron chi connectivity index (χ2n) is 7.35. The van der Waals surface area contributed by atoms with Gasteiger partial charge in [0.05, 0.1) is 19.3 Å². The molecule has 0 fully saturated rings. The summed E-state index contributed by atoms with van der Waals surface area (Å²) in [6.45, 7) is 7.54. The molecule has 7 nitrogen and oxygen atoms in total. The number of aromatic nitrogens is 2. The number of phenolic OH excluding ortho intramolecular Hbond substituents is 1. The van der Waals surface area contributed by atoms with E-state index < -0.39 is 0 Å². The summed E-state index contributed by atoms with van der Waals surface area (Å²) >= 11 is 0. The number of nitrogens with one attached hydrogen (secondary N) is 1. The fourth-order valence-corrected chi connectivity index (χ4v) is 4.13. The van der Waals surface area contributed by atoms with Crippen molar-refractivity contribution >= 4 is 5.91 Å². The van der Waals surface area contributed by atoms with E-state index in [-0.39, 0.29) is 17.7 Å². The molecule has 0 unspecified atom stereocenters. The SMILES string of the molecule is CCCN1C(=O)c2[nH]nc(-c3ccccc3O)c2[C@H]1c1ccc(OCC)c(OCC)c1. The number of nitrogens with zero attached hydrogens (tertiary/aromatic N) is 2. The van der Waals surface area contributed by atoms with E-state index >= 15 is 0 Å². The highest BCUT2D eigenvalue weighted by atomic mass is 16.5. The van der Waals surface area contributed by atoms with Gasteiger partial charge in [-0.2, -0.15) is 5.10 Å². The van der Waals surface area contributed by atoms with E-state index in [4.69, 9.17) is 9.47 Å². The number of H-pyrrole nitrogens is 1. The summed E-state index contributed by atoms with van der Waals surface area (Å²) < 4.78 is 11.5. The highest BCUT2D eigenvalue weighted by Gasteiger charge is 2.42. The van der Waals surface area contributed by atoms with Crippen LogP contribution < -0.4 is 9.47 Å². The summed E-state index contributed by atoms with van der Waals surface area (Å²) in [6.07, 6.45) is 0.821. The van der Waals surface area contributed by atoms with Gasteiger partial charge in [-0.25, -0.2) is 0 Å². The number of hydrogen-bond donors (Lipinski definition) is 2. The van der Waals surface area contributed by atoms with Crippen LogP contribution in [0.5, 0.6) is 17.2 Å². The number of amides is 1. The zero-order chi connectivity index (χ0) is 22.0. The zero-order valence-electron chi connectivity index (χ0n) is 18.0. The van der Waals surface area contributed by atoms with Gasteiger partial charge in [0.25, 0.3) is 5.91 Å². The van der Waals surface area contributed by atoms with Crippen LogP contribution in [0, 0.1) is 0 Å². The number of rotatable bonds is 8. The zero-order valence-corrected chi connectivity index (χ0v) is 18.0. The van der Waals surface area contributed by atoms with E-state index in [1.54, 1.807) is 18.2 Å². The fraction of sp³-hybridized carbons (Fsp3) is 0.333. The molecule has 1 aromatic heterocycles. The Bertz CT molecular complexity index is 1090. The molecule has 2 aromatic carbocycles. The average Bonchev–Trinajstić information content (AvgIpc) is 3.30. The monoisotopic (exact) mass is 421 g/mol. The molecule has 0 radical (unpaired) electrons. The van der Waals surface area contributed by atoms with Crippen molar-refractivity contribution in [1.29, 1.82) is 0 Å². The number of aromatic hydroxyl groups is 1. The van der Waals surface area contributed by atoms with E-state index in [9.17, 15) is 9.90 Å². The molecule has 162 valence electrons. The molecule has 3 aromatic rings. The lowest BCUT2D eigenvalue weighted by molar-refractivity contribution is 0.0743. The van der Waals surface area contributed by atoms with E-state index in [0.29, 0.717) is 48.2 Å². The fourth-order valence-electron chi connectivity index (χ4n) is 4.13. The second kappa shape index (κ2) is 8.71. The van der Waals surface area contributed by atoms with Crippen molar-refractivity contribution in [3.05, 3.63) is 59.3 Å². The second-order valence-corrected chi connectivity index (χ2v) is 7.35. The summed E-state index contributed by atoms with van der Waals surface area (Å²) in [5.74, 6) is 1.35. The molecule has 31 heavy (non-hydrogen) atoms. The van der Waals surface area contributed by atoms with Crippen molar-refractivity contribution < 1.29 is 19.4 Å². The number of carbonyl (C=O) groups is 1. The highest BCUT2D eigenvalue weighted by Crippen LogP contribution is 2.45. The van der Waals surface area contributed by atoms with Crippen molar-refractivity contribution in [3.63, 3.8) is 0 Å². The van der Waals surface area contributed by atoms with Crippen LogP contribution in [-0.2, 0) is 0 Å². The summed E-state index contributed by atoms with van der Waals surface area (Å²) in [7, 11) is 0. The van der Waals surface area contributed by atoms with Crippen molar-refractivity contribution in [2.45, 2.75) is 33.2 Å². The van der Waals surface area contributed by atoms with E-state index in [1.165, 1.54) is 0 Å². The molecule has 4 rings (SSSR count). The molecule has 1 aliphatic heterocycles. The van der Waals surface area contributed by atoms with Gasteiger partial charge in [0.1, 0.15) is 17.1 Å². The quantitative estimate of drug-likeness (QED) is 0.558. The number of carbonyl (C=O) groups excluding carboxylic acids is 1. The molecular weight excluding hydrogens is 394 g/mol. The molecule has 2 N–H and O–H groups in total. The number of ether oxygens (including phenoxy) is 2. The Labute approximate surface area is 181 Å². The molecule has 0 aliphatic carbocycles. The Hall–Kier alpha value is -3.48. The first-order chi connectivity index (χ1) is 15.1. The predicted molar refractivity (Wildman–Crippen MR) is 118 cm³/mol. The van der Waals surface area contributed by atoms with Gasteiger partial charge in [-0.3, -0.25) is 9.89 Å². The lowest BCUT2D eigenvalue weighted by Crippen LogP contribution is -2.30. The van der Waals surface area contributed by atoms with Crippen LogP contribution in [0.4, 0.5) is 0 Å². The summed E-state index contributed by atoms with van der Waals surface area (Å²) in [5.41, 5.74) is 3.31. The maximum Gasteiger partial charge on any atom is 0.273 e.